The first-order chi connectivity index (χ1) is 9.65. The summed E-state index contributed by atoms with van der Waals surface area (Å²) >= 11 is 0. The molecule has 20 heavy (non-hydrogen) atoms. The fourth-order valence-corrected chi connectivity index (χ4v) is 2.53. The van der Waals surface area contributed by atoms with Gasteiger partial charge in [-0.15, -0.1) is 0 Å². The Morgan fingerprint density at radius 1 is 1.15 bits per heavy atom. The summed E-state index contributed by atoms with van der Waals surface area (Å²) in [7, 11) is -1.84. The van der Waals surface area contributed by atoms with Gasteiger partial charge in [-0.25, -0.2) is 4.57 Å². The lowest BCUT2D eigenvalue weighted by atomic mass is 10.2. The SMILES string of the molecule is CCOP(=O)(C#Cc1ccccc1OCOC)OCC. The second kappa shape index (κ2) is 8.78. The van der Waals surface area contributed by atoms with E-state index in [4.69, 9.17) is 18.5 Å². The van der Waals surface area contributed by atoms with Gasteiger partial charge in [0.2, 0.25) is 0 Å². The highest BCUT2D eigenvalue weighted by molar-refractivity contribution is 7.59. The molecule has 1 aromatic rings. The second-order valence-electron chi connectivity index (χ2n) is 3.62. The molecule has 0 aliphatic carbocycles. The van der Waals surface area contributed by atoms with Crippen LogP contribution in [0.25, 0.3) is 0 Å². The third kappa shape index (κ3) is 5.36. The Kier molecular flexibility index (Phi) is 7.35. The van der Waals surface area contributed by atoms with E-state index < -0.39 is 7.60 Å². The Labute approximate surface area is 119 Å². The summed E-state index contributed by atoms with van der Waals surface area (Å²) in [6.45, 7) is 4.14. The smallest absolute Gasteiger partial charge is 0.405 e. The molecular weight excluding hydrogens is 279 g/mol. The molecule has 1 rings (SSSR count). The van der Waals surface area contributed by atoms with Crippen molar-refractivity contribution in [1.29, 1.82) is 0 Å². The Balaban J connectivity index is 2.97. The zero-order valence-corrected chi connectivity index (χ0v) is 12.8. The zero-order valence-electron chi connectivity index (χ0n) is 11.9. The van der Waals surface area contributed by atoms with E-state index in [1.54, 1.807) is 26.0 Å². The molecule has 0 saturated heterocycles. The number of ether oxygens (including phenoxy) is 2. The Bertz CT molecular complexity index is 508. The van der Waals surface area contributed by atoms with Crippen LogP contribution >= 0.6 is 7.60 Å². The van der Waals surface area contributed by atoms with Crippen LogP contribution in [0.3, 0.4) is 0 Å². The standard InChI is InChI=1S/C14H19O5P/c1-4-18-20(15,19-5-2)11-10-13-8-6-7-9-14(13)17-12-16-3/h6-9H,4-5,12H2,1-3H3. The van der Waals surface area contributed by atoms with Crippen LogP contribution < -0.4 is 4.74 Å². The van der Waals surface area contributed by atoms with Crippen LogP contribution in [0, 0.1) is 11.6 Å². The van der Waals surface area contributed by atoms with E-state index in [2.05, 4.69) is 11.6 Å². The number of hydrogen-bond donors (Lipinski definition) is 0. The van der Waals surface area contributed by atoms with Crippen molar-refractivity contribution in [2.24, 2.45) is 0 Å². The van der Waals surface area contributed by atoms with Crippen molar-refractivity contribution in [2.75, 3.05) is 27.1 Å². The Hall–Kier alpha value is -1.31. The van der Waals surface area contributed by atoms with Crippen LogP contribution in [0.15, 0.2) is 24.3 Å². The number of methoxy groups -OCH3 is 1. The molecule has 110 valence electrons. The average molecular weight is 298 g/mol. The van der Waals surface area contributed by atoms with E-state index >= 15 is 0 Å². The minimum atomic E-state index is -3.38. The van der Waals surface area contributed by atoms with Crippen molar-refractivity contribution in [3.05, 3.63) is 29.8 Å². The van der Waals surface area contributed by atoms with Gasteiger partial charge >= 0.3 is 7.60 Å². The van der Waals surface area contributed by atoms with Gasteiger partial charge in [-0.3, -0.25) is 9.05 Å². The van der Waals surface area contributed by atoms with Gasteiger partial charge in [0.25, 0.3) is 0 Å². The van der Waals surface area contributed by atoms with Crippen molar-refractivity contribution in [3.8, 4) is 17.3 Å². The molecule has 0 N–H and O–H groups in total. The maximum atomic E-state index is 12.2. The van der Waals surface area contributed by atoms with Crippen LogP contribution in [0.5, 0.6) is 5.75 Å². The third-order valence-electron chi connectivity index (χ3n) is 2.14. The molecule has 0 spiro atoms. The van der Waals surface area contributed by atoms with Crippen molar-refractivity contribution < 1.29 is 23.1 Å². The van der Waals surface area contributed by atoms with E-state index in [0.717, 1.165) is 0 Å². The topological polar surface area (TPSA) is 54.0 Å². The molecular formula is C14H19O5P. The Morgan fingerprint density at radius 2 is 1.80 bits per heavy atom. The molecule has 0 atom stereocenters. The van der Waals surface area contributed by atoms with Gasteiger partial charge in [0.1, 0.15) is 5.75 Å². The van der Waals surface area contributed by atoms with Crippen LogP contribution in [-0.4, -0.2) is 27.1 Å². The molecule has 0 radical (unpaired) electrons. The molecule has 0 aliphatic rings. The summed E-state index contributed by atoms with van der Waals surface area (Å²) in [6.07, 6.45) is 0. The van der Waals surface area contributed by atoms with Crippen molar-refractivity contribution in [2.45, 2.75) is 13.8 Å². The number of para-hydroxylation sites is 1. The van der Waals surface area contributed by atoms with Gasteiger partial charge in [-0.05, 0) is 26.0 Å². The minimum Gasteiger partial charge on any atom is -0.466 e. The van der Waals surface area contributed by atoms with Crippen LogP contribution in [0.4, 0.5) is 0 Å². The highest BCUT2D eigenvalue weighted by atomic mass is 31.2. The number of hydrogen-bond acceptors (Lipinski definition) is 5. The molecule has 0 saturated carbocycles. The first-order valence-corrected chi connectivity index (χ1v) is 7.82. The van der Waals surface area contributed by atoms with E-state index in [1.165, 1.54) is 7.11 Å². The van der Waals surface area contributed by atoms with Crippen LogP contribution in [0.1, 0.15) is 19.4 Å². The molecule has 0 unspecified atom stereocenters. The molecule has 0 fully saturated rings. The van der Waals surface area contributed by atoms with Gasteiger partial charge in [0.05, 0.1) is 18.8 Å². The summed E-state index contributed by atoms with van der Waals surface area (Å²) in [5.74, 6) is 3.35. The fraction of sp³-hybridized carbons (Fsp3) is 0.429. The van der Waals surface area contributed by atoms with Crippen molar-refractivity contribution in [1.82, 2.24) is 0 Å². The van der Waals surface area contributed by atoms with Crippen LogP contribution in [-0.2, 0) is 18.3 Å². The summed E-state index contributed by atoms with van der Waals surface area (Å²) in [5, 5.41) is 0. The Morgan fingerprint density at radius 3 is 2.40 bits per heavy atom. The summed E-state index contributed by atoms with van der Waals surface area (Å²) in [6, 6.07) is 7.16. The quantitative estimate of drug-likeness (QED) is 0.439. The number of benzene rings is 1. The highest BCUT2D eigenvalue weighted by Crippen LogP contribution is 2.46. The lowest BCUT2D eigenvalue weighted by Gasteiger charge is -2.10. The molecule has 0 aromatic heterocycles. The fourth-order valence-electron chi connectivity index (χ4n) is 1.39. The van der Waals surface area contributed by atoms with Gasteiger partial charge in [-0.2, -0.15) is 0 Å². The second-order valence-corrected chi connectivity index (χ2v) is 5.35. The lowest BCUT2D eigenvalue weighted by Crippen LogP contribution is -2.00. The van der Waals surface area contributed by atoms with Crippen molar-refractivity contribution >= 4 is 7.60 Å². The van der Waals surface area contributed by atoms with Gasteiger partial charge in [0.15, 0.2) is 6.79 Å². The zero-order chi connectivity index (χ0) is 14.8. The largest absolute Gasteiger partial charge is 0.466 e. The monoisotopic (exact) mass is 298 g/mol. The minimum absolute atomic E-state index is 0.118. The summed E-state index contributed by atoms with van der Waals surface area (Å²) in [4.78, 5) is 0. The van der Waals surface area contributed by atoms with Crippen LogP contribution in [0.2, 0.25) is 0 Å². The van der Waals surface area contributed by atoms with Gasteiger partial charge in [0, 0.05) is 12.8 Å². The van der Waals surface area contributed by atoms with E-state index in [1.807, 2.05) is 12.1 Å². The van der Waals surface area contributed by atoms with Crippen molar-refractivity contribution in [3.63, 3.8) is 0 Å². The molecule has 1 aromatic carbocycles. The van der Waals surface area contributed by atoms with E-state index in [0.29, 0.717) is 11.3 Å². The van der Waals surface area contributed by atoms with E-state index in [-0.39, 0.29) is 20.0 Å². The lowest BCUT2D eigenvalue weighted by molar-refractivity contribution is 0.0509. The van der Waals surface area contributed by atoms with Gasteiger partial charge < -0.3 is 9.47 Å². The molecule has 0 heterocycles. The maximum Gasteiger partial charge on any atom is 0.405 e. The van der Waals surface area contributed by atoms with E-state index in [9.17, 15) is 4.57 Å². The number of rotatable bonds is 7. The molecule has 5 nitrogen and oxygen atoms in total. The maximum absolute atomic E-state index is 12.2. The molecule has 0 amide bonds. The predicted molar refractivity (Wildman–Crippen MR) is 76.7 cm³/mol. The molecule has 6 heteroatoms. The molecule has 0 bridgehead atoms. The highest BCUT2D eigenvalue weighted by Gasteiger charge is 2.19. The first kappa shape index (κ1) is 16.7. The first-order valence-electron chi connectivity index (χ1n) is 6.28. The predicted octanol–water partition coefficient (Wildman–Crippen LogP) is 3.24. The molecule has 0 aliphatic heterocycles. The summed E-state index contributed by atoms with van der Waals surface area (Å²) < 4.78 is 32.7. The van der Waals surface area contributed by atoms with Gasteiger partial charge in [-0.1, -0.05) is 18.1 Å². The summed E-state index contributed by atoms with van der Waals surface area (Å²) in [5.41, 5.74) is 3.17. The third-order valence-corrected chi connectivity index (χ3v) is 3.73. The average Bonchev–Trinajstić information content (AvgIpc) is 2.44. The normalized spacial score (nSPS) is 10.8.